The lowest BCUT2D eigenvalue weighted by Crippen LogP contribution is -2.52. The van der Waals surface area contributed by atoms with Crippen LogP contribution in [0.5, 0.6) is 0 Å². The Morgan fingerprint density at radius 1 is 1.00 bits per heavy atom. The number of hydrogen-bond donors (Lipinski definition) is 1. The van der Waals surface area contributed by atoms with Gasteiger partial charge in [-0.1, -0.05) is 0 Å². The van der Waals surface area contributed by atoms with Crippen molar-refractivity contribution in [3.05, 3.63) is 48.0 Å². The maximum atomic E-state index is 12.9. The summed E-state index contributed by atoms with van der Waals surface area (Å²) in [6.07, 6.45) is -3.45. The van der Waals surface area contributed by atoms with Crippen LogP contribution in [0.15, 0.2) is 36.5 Å². The van der Waals surface area contributed by atoms with Gasteiger partial charge in [-0.2, -0.15) is 18.3 Å². The molecule has 3 amide bonds. The van der Waals surface area contributed by atoms with Gasteiger partial charge in [0.15, 0.2) is 5.69 Å². The highest BCUT2D eigenvalue weighted by atomic mass is 19.4. The van der Waals surface area contributed by atoms with Crippen molar-refractivity contribution in [2.24, 2.45) is 0 Å². The van der Waals surface area contributed by atoms with Crippen molar-refractivity contribution in [3.63, 3.8) is 0 Å². The third-order valence-electron chi connectivity index (χ3n) is 4.24. The number of benzene rings is 1. The normalized spacial score (nSPS) is 14.9. The minimum absolute atomic E-state index is 0.253. The van der Waals surface area contributed by atoms with Crippen LogP contribution in [-0.4, -0.2) is 57.7 Å². The van der Waals surface area contributed by atoms with Crippen molar-refractivity contribution in [2.75, 3.05) is 31.5 Å². The number of nitrogens with zero attached hydrogens (tertiary/aromatic N) is 4. The van der Waals surface area contributed by atoms with Crippen LogP contribution in [0, 0.1) is 5.82 Å². The predicted molar refractivity (Wildman–Crippen MR) is 90.8 cm³/mol. The average molecular weight is 399 g/mol. The van der Waals surface area contributed by atoms with Gasteiger partial charge in [0.05, 0.1) is 0 Å². The summed E-state index contributed by atoms with van der Waals surface area (Å²) in [7, 11) is 0. The second-order valence-corrected chi connectivity index (χ2v) is 6.20. The number of piperazine rings is 1. The molecule has 150 valence electrons. The van der Waals surface area contributed by atoms with Gasteiger partial charge >= 0.3 is 12.2 Å². The van der Waals surface area contributed by atoms with E-state index in [1.165, 1.54) is 34.1 Å². The van der Waals surface area contributed by atoms with Crippen LogP contribution in [-0.2, 0) is 17.5 Å². The SMILES string of the molecule is O=C(Cn1ccc(C(F)(F)F)n1)N1CCN(C(=O)Nc2ccc(F)cc2)CC1. The fourth-order valence-electron chi connectivity index (χ4n) is 2.73. The molecule has 3 rings (SSSR count). The summed E-state index contributed by atoms with van der Waals surface area (Å²) in [5, 5.41) is 5.99. The molecule has 0 aliphatic carbocycles. The summed E-state index contributed by atoms with van der Waals surface area (Å²) in [6.45, 7) is 0.737. The van der Waals surface area contributed by atoms with E-state index < -0.39 is 17.7 Å². The highest BCUT2D eigenvalue weighted by Gasteiger charge is 2.34. The lowest BCUT2D eigenvalue weighted by molar-refractivity contribution is -0.142. The highest BCUT2D eigenvalue weighted by Crippen LogP contribution is 2.27. The Hall–Kier alpha value is -3.11. The Bertz CT molecular complexity index is 842. The number of halogens is 4. The van der Waals surface area contributed by atoms with Gasteiger partial charge in [-0.25, -0.2) is 9.18 Å². The molecule has 0 bridgehead atoms. The first kappa shape index (κ1) is 19.6. The Morgan fingerprint density at radius 3 is 2.18 bits per heavy atom. The van der Waals surface area contributed by atoms with Crippen molar-refractivity contribution < 1.29 is 27.2 Å². The lowest BCUT2D eigenvalue weighted by Gasteiger charge is -2.34. The molecule has 0 spiro atoms. The number of carbonyl (C=O) groups excluding carboxylic acids is 2. The first-order valence-corrected chi connectivity index (χ1v) is 8.42. The first-order valence-electron chi connectivity index (χ1n) is 8.42. The summed E-state index contributed by atoms with van der Waals surface area (Å²) in [5.74, 6) is -0.792. The number of carbonyl (C=O) groups is 2. The molecule has 28 heavy (non-hydrogen) atoms. The van der Waals surface area contributed by atoms with Crippen molar-refractivity contribution in [1.82, 2.24) is 19.6 Å². The number of hydrogen-bond acceptors (Lipinski definition) is 3. The van der Waals surface area contributed by atoms with Gasteiger partial charge in [-0.05, 0) is 30.3 Å². The molecule has 0 unspecified atom stereocenters. The molecule has 1 N–H and O–H groups in total. The molecule has 1 aliphatic rings. The second-order valence-electron chi connectivity index (χ2n) is 6.20. The van der Waals surface area contributed by atoms with E-state index >= 15 is 0 Å². The minimum atomic E-state index is -4.56. The molecule has 1 fully saturated rings. The zero-order chi connectivity index (χ0) is 20.3. The molecule has 0 saturated carbocycles. The summed E-state index contributed by atoms with van der Waals surface area (Å²) in [6, 6.07) is 5.77. The van der Waals surface area contributed by atoms with Gasteiger partial charge < -0.3 is 15.1 Å². The molecular formula is C17H17F4N5O2. The smallest absolute Gasteiger partial charge is 0.338 e. The summed E-state index contributed by atoms with van der Waals surface area (Å²) in [4.78, 5) is 27.4. The Labute approximate surface area is 157 Å². The van der Waals surface area contributed by atoms with E-state index in [2.05, 4.69) is 10.4 Å². The maximum Gasteiger partial charge on any atom is 0.435 e. The van der Waals surface area contributed by atoms with Crippen LogP contribution in [0.3, 0.4) is 0 Å². The molecule has 1 saturated heterocycles. The molecule has 2 aromatic rings. The number of aromatic nitrogens is 2. The molecule has 7 nitrogen and oxygen atoms in total. The molecule has 1 aromatic heterocycles. The number of anilines is 1. The van der Waals surface area contributed by atoms with E-state index in [0.29, 0.717) is 5.69 Å². The summed E-state index contributed by atoms with van der Waals surface area (Å²) < 4.78 is 51.5. The largest absolute Gasteiger partial charge is 0.435 e. The van der Waals surface area contributed by atoms with Gasteiger partial charge in [0, 0.05) is 38.1 Å². The fourth-order valence-corrected chi connectivity index (χ4v) is 2.73. The summed E-state index contributed by atoms with van der Waals surface area (Å²) >= 11 is 0. The van der Waals surface area contributed by atoms with Crippen molar-refractivity contribution >= 4 is 17.6 Å². The van der Waals surface area contributed by atoms with Crippen molar-refractivity contribution in [3.8, 4) is 0 Å². The maximum absolute atomic E-state index is 12.9. The van der Waals surface area contributed by atoms with Gasteiger partial charge in [-0.3, -0.25) is 9.48 Å². The average Bonchev–Trinajstić information content (AvgIpc) is 3.12. The molecule has 2 heterocycles. The van der Waals surface area contributed by atoms with Crippen LogP contribution in [0.2, 0.25) is 0 Å². The Kier molecular flexibility index (Phi) is 5.52. The topological polar surface area (TPSA) is 70.5 Å². The lowest BCUT2D eigenvalue weighted by atomic mass is 10.3. The van der Waals surface area contributed by atoms with Crippen LogP contribution < -0.4 is 5.32 Å². The molecule has 1 aliphatic heterocycles. The molecule has 0 radical (unpaired) electrons. The van der Waals surface area contributed by atoms with Crippen molar-refractivity contribution in [2.45, 2.75) is 12.7 Å². The summed E-state index contributed by atoms with van der Waals surface area (Å²) in [5.41, 5.74) is -0.605. The number of alkyl halides is 3. The van der Waals surface area contributed by atoms with Crippen molar-refractivity contribution in [1.29, 1.82) is 0 Å². The van der Waals surface area contributed by atoms with Crippen LogP contribution in [0.1, 0.15) is 5.69 Å². The monoisotopic (exact) mass is 399 g/mol. The quantitative estimate of drug-likeness (QED) is 0.806. The second kappa shape index (κ2) is 7.87. The molecule has 11 heteroatoms. The Balaban J connectivity index is 1.49. The van der Waals surface area contributed by atoms with E-state index in [1.807, 2.05) is 0 Å². The number of amides is 3. The molecular weight excluding hydrogens is 382 g/mol. The van der Waals surface area contributed by atoms with Gasteiger partial charge in [-0.15, -0.1) is 0 Å². The number of nitrogens with one attached hydrogen (secondary N) is 1. The fraction of sp³-hybridized carbons (Fsp3) is 0.353. The first-order chi connectivity index (χ1) is 13.2. The molecule has 0 atom stereocenters. The third-order valence-corrected chi connectivity index (χ3v) is 4.24. The van der Waals surface area contributed by atoms with Crippen LogP contribution in [0.4, 0.5) is 28.0 Å². The van der Waals surface area contributed by atoms with Gasteiger partial charge in [0.1, 0.15) is 12.4 Å². The highest BCUT2D eigenvalue weighted by molar-refractivity contribution is 5.89. The van der Waals surface area contributed by atoms with Crippen LogP contribution >= 0.6 is 0 Å². The van der Waals surface area contributed by atoms with E-state index in [4.69, 9.17) is 0 Å². The predicted octanol–water partition coefficient (Wildman–Crippen LogP) is 2.42. The number of urea groups is 1. The zero-order valence-corrected chi connectivity index (χ0v) is 14.6. The Morgan fingerprint density at radius 2 is 1.61 bits per heavy atom. The zero-order valence-electron chi connectivity index (χ0n) is 14.6. The van der Waals surface area contributed by atoms with E-state index in [9.17, 15) is 27.2 Å². The van der Waals surface area contributed by atoms with Crippen LogP contribution in [0.25, 0.3) is 0 Å². The third kappa shape index (κ3) is 4.78. The van der Waals surface area contributed by atoms with Gasteiger partial charge in [0.25, 0.3) is 0 Å². The minimum Gasteiger partial charge on any atom is -0.338 e. The van der Waals surface area contributed by atoms with E-state index in [0.717, 1.165) is 16.9 Å². The number of rotatable bonds is 3. The molecule has 1 aromatic carbocycles. The van der Waals surface area contributed by atoms with Gasteiger partial charge in [0.2, 0.25) is 5.91 Å². The standard InChI is InChI=1S/C17H17F4N5O2/c18-12-1-3-13(4-2-12)22-16(28)25-9-7-24(8-10-25)15(27)11-26-6-5-14(23-26)17(19,20)21/h1-6H,7-11H2,(H,22,28). The van der Waals surface area contributed by atoms with E-state index in [-0.39, 0.29) is 44.7 Å². The van der Waals surface area contributed by atoms with E-state index in [1.54, 1.807) is 0 Å².